The van der Waals surface area contributed by atoms with E-state index in [9.17, 15) is 35.3 Å². The zero-order valence-electron chi connectivity index (χ0n) is 28.0. The maximum absolute atomic E-state index is 15.1. The smallest absolute Gasteiger partial charge is 0.364 e. The molecule has 0 radical (unpaired) electrons. The molecule has 3 aromatic heterocycles. The molecule has 0 amide bonds. The average Bonchev–Trinajstić information content (AvgIpc) is 3.84. The molecule has 0 aliphatic heterocycles. The van der Waals surface area contributed by atoms with E-state index in [-0.39, 0.29) is 40.3 Å². The number of nitrogens with one attached hydrogen (secondary N) is 1. The highest BCUT2D eigenvalue weighted by Crippen LogP contribution is 2.60. The molecular formula is C35H27F8N6O5P. The van der Waals surface area contributed by atoms with Crippen LogP contribution in [0.4, 0.5) is 40.9 Å². The van der Waals surface area contributed by atoms with Gasteiger partial charge in [-0.25, -0.2) is 23.3 Å². The summed E-state index contributed by atoms with van der Waals surface area (Å²) in [6.45, 7) is -4.02. The molecule has 55 heavy (non-hydrogen) atoms. The van der Waals surface area contributed by atoms with Crippen LogP contribution in [0.3, 0.4) is 0 Å². The van der Waals surface area contributed by atoms with Crippen molar-refractivity contribution in [3.63, 3.8) is 0 Å². The molecule has 3 heterocycles. The fourth-order valence-corrected chi connectivity index (χ4v) is 6.49. The third-order valence-corrected chi connectivity index (χ3v) is 9.31. The molecule has 20 heteroatoms. The predicted octanol–water partition coefficient (Wildman–Crippen LogP) is 9.16. The maximum atomic E-state index is 15.1. The molecular weight excluding hydrogens is 767 g/mol. The van der Waals surface area contributed by atoms with Crippen LogP contribution >= 0.6 is 7.82 Å². The molecule has 0 saturated carbocycles. The summed E-state index contributed by atoms with van der Waals surface area (Å²) in [7, 11) is -5.77. The van der Waals surface area contributed by atoms with Gasteiger partial charge in [-0.3, -0.25) is 18.3 Å². The van der Waals surface area contributed by atoms with E-state index in [1.165, 1.54) is 89.8 Å². The number of nitrogens with zero attached hydrogens (tertiary/aromatic N) is 5. The van der Waals surface area contributed by atoms with Crippen LogP contribution in [0.1, 0.15) is 16.7 Å². The van der Waals surface area contributed by atoms with Crippen molar-refractivity contribution in [2.45, 2.75) is 37.7 Å². The second-order valence-electron chi connectivity index (χ2n) is 11.7. The Morgan fingerprint density at radius 3 is 1.93 bits per heavy atom. The van der Waals surface area contributed by atoms with Gasteiger partial charge in [0, 0.05) is 11.6 Å². The standard InChI is InChI=1S/C35H27F8N6O5P/c36-26-14-8-7-13-25(26)19-49-30(28-15-16-51-48-28)17-29(47-49)32-44-18-27(37)31(46-32)45-22-33(34(38,39)40,35(41,42)43)54-55(50,52-20-23-9-3-1-4-10-23)53-21-24-11-5-2-6-12-24/h1-18H,19-22H2,(H,44,45,46). The van der Waals surface area contributed by atoms with E-state index in [1.807, 2.05) is 0 Å². The lowest BCUT2D eigenvalue weighted by atomic mass is 10.0. The minimum Gasteiger partial charge on any atom is -0.364 e. The van der Waals surface area contributed by atoms with Crippen LogP contribution in [0.15, 0.2) is 114 Å². The van der Waals surface area contributed by atoms with Gasteiger partial charge in [-0.15, -0.1) is 0 Å². The largest absolute Gasteiger partial charge is 0.476 e. The Bertz CT molecular complexity index is 2180. The van der Waals surface area contributed by atoms with Gasteiger partial charge in [-0.05, 0) is 23.3 Å². The van der Waals surface area contributed by atoms with Gasteiger partial charge in [0.05, 0.1) is 38.2 Å². The highest BCUT2D eigenvalue weighted by molar-refractivity contribution is 7.48. The summed E-state index contributed by atoms with van der Waals surface area (Å²) >= 11 is 0. The number of rotatable bonds is 15. The van der Waals surface area contributed by atoms with Crippen molar-refractivity contribution in [3.8, 4) is 22.9 Å². The van der Waals surface area contributed by atoms with E-state index in [4.69, 9.17) is 13.6 Å². The fourth-order valence-electron chi connectivity index (χ4n) is 5.04. The molecule has 0 aliphatic carbocycles. The normalized spacial score (nSPS) is 12.6. The third kappa shape index (κ3) is 9.08. The van der Waals surface area contributed by atoms with E-state index in [0.717, 1.165) is 0 Å². The van der Waals surface area contributed by atoms with E-state index >= 15 is 4.39 Å². The van der Waals surface area contributed by atoms with Crippen LogP contribution < -0.4 is 5.32 Å². The molecule has 6 rings (SSSR count). The molecule has 0 fully saturated rings. The van der Waals surface area contributed by atoms with Gasteiger partial charge in [-0.2, -0.15) is 31.4 Å². The Kier molecular flexibility index (Phi) is 11.5. The predicted molar refractivity (Wildman–Crippen MR) is 179 cm³/mol. The lowest BCUT2D eigenvalue weighted by Crippen LogP contribution is -2.62. The number of benzene rings is 3. The van der Waals surface area contributed by atoms with Gasteiger partial charge < -0.3 is 9.84 Å². The summed E-state index contributed by atoms with van der Waals surface area (Å²) in [6.07, 6.45) is -11.0. The monoisotopic (exact) mass is 794 g/mol. The van der Waals surface area contributed by atoms with Crippen molar-refractivity contribution in [2.75, 3.05) is 11.9 Å². The van der Waals surface area contributed by atoms with Crippen LogP contribution in [0.2, 0.25) is 0 Å². The summed E-state index contributed by atoms with van der Waals surface area (Å²) in [6, 6.07) is 23.3. The first-order chi connectivity index (χ1) is 26.2. The molecule has 1 N–H and O–H groups in total. The van der Waals surface area contributed by atoms with Gasteiger partial charge >= 0.3 is 20.2 Å². The van der Waals surface area contributed by atoms with E-state index in [0.29, 0.717) is 6.20 Å². The number of alkyl halides is 6. The lowest BCUT2D eigenvalue weighted by molar-refractivity contribution is -0.355. The van der Waals surface area contributed by atoms with Crippen LogP contribution in [-0.2, 0) is 37.9 Å². The van der Waals surface area contributed by atoms with Crippen LogP contribution in [0, 0.1) is 11.6 Å². The van der Waals surface area contributed by atoms with E-state index < -0.39 is 68.8 Å². The number of phosphoric ester groups is 1. The highest BCUT2D eigenvalue weighted by atomic mass is 31.2. The number of anilines is 1. The van der Waals surface area contributed by atoms with Crippen molar-refractivity contribution in [1.82, 2.24) is 24.9 Å². The Hall–Kier alpha value is -5.49. The van der Waals surface area contributed by atoms with Gasteiger partial charge in [-0.1, -0.05) is 84.0 Å². The van der Waals surface area contributed by atoms with Crippen LogP contribution in [-0.4, -0.2) is 49.4 Å². The van der Waals surface area contributed by atoms with Crippen molar-refractivity contribution in [3.05, 3.63) is 138 Å². The zero-order valence-corrected chi connectivity index (χ0v) is 28.9. The number of halogens is 8. The quantitative estimate of drug-likeness (QED) is 0.0795. The minimum atomic E-state index is -6.36. The number of hydrogen-bond acceptors (Lipinski definition) is 10. The van der Waals surface area contributed by atoms with Gasteiger partial charge in [0.1, 0.15) is 23.5 Å². The first kappa shape index (κ1) is 39.2. The van der Waals surface area contributed by atoms with E-state index in [1.54, 1.807) is 23.5 Å². The Balaban J connectivity index is 1.33. The Morgan fingerprint density at radius 2 is 1.36 bits per heavy atom. The topological polar surface area (TPSA) is 126 Å². The Labute approximate surface area is 306 Å². The SMILES string of the molecule is O=P(OCc1ccccc1)(OCc1ccccc1)OC(CNc1nc(-c2cc(-c3ccon3)n(Cc3ccccc3F)n2)ncc1F)(C(F)(F)F)C(F)(F)F. The zero-order chi connectivity index (χ0) is 39.3. The van der Waals surface area contributed by atoms with Crippen molar-refractivity contribution < 1.29 is 57.8 Å². The average molecular weight is 795 g/mol. The Morgan fingerprint density at radius 1 is 0.764 bits per heavy atom. The summed E-state index contributed by atoms with van der Waals surface area (Å²) < 4.78 is 153. The first-order valence-electron chi connectivity index (χ1n) is 16.0. The highest BCUT2D eigenvalue weighted by Gasteiger charge is 2.75. The summed E-state index contributed by atoms with van der Waals surface area (Å²) in [5.41, 5.74) is -4.41. The molecule has 11 nitrogen and oxygen atoms in total. The molecule has 0 atom stereocenters. The molecule has 0 unspecified atom stereocenters. The molecule has 0 spiro atoms. The van der Waals surface area contributed by atoms with Crippen molar-refractivity contribution in [2.24, 2.45) is 0 Å². The van der Waals surface area contributed by atoms with Crippen LogP contribution in [0.5, 0.6) is 0 Å². The second-order valence-corrected chi connectivity index (χ2v) is 13.3. The van der Waals surface area contributed by atoms with Crippen molar-refractivity contribution in [1.29, 1.82) is 0 Å². The van der Waals surface area contributed by atoms with Gasteiger partial charge in [0.15, 0.2) is 17.5 Å². The van der Waals surface area contributed by atoms with Crippen LogP contribution in [0.25, 0.3) is 22.9 Å². The number of aromatic nitrogens is 5. The fraction of sp³-hybridized carbons (Fsp3) is 0.200. The third-order valence-electron chi connectivity index (χ3n) is 7.88. The molecule has 0 aliphatic rings. The molecule has 3 aromatic carbocycles. The summed E-state index contributed by atoms with van der Waals surface area (Å²) in [5.74, 6) is -3.64. The minimum absolute atomic E-state index is 0.153. The number of phosphoric acid groups is 1. The summed E-state index contributed by atoms with van der Waals surface area (Å²) in [4.78, 5) is 7.60. The maximum Gasteiger partial charge on any atom is 0.476 e. The second kappa shape index (κ2) is 16.1. The summed E-state index contributed by atoms with van der Waals surface area (Å²) in [5, 5.41) is 9.85. The molecule has 0 saturated heterocycles. The molecule has 6 aromatic rings. The molecule has 0 bridgehead atoms. The van der Waals surface area contributed by atoms with Gasteiger partial charge in [0.25, 0.3) is 5.60 Å². The van der Waals surface area contributed by atoms with Crippen molar-refractivity contribution >= 4 is 13.6 Å². The first-order valence-corrected chi connectivity index (χ1v) is 17.4. The van der Waals surface area contributed by atoms with E-state index in [2.05, 4.69) is 24.7 Å². The number of hydrogen-bond donors (Lipinski definition) is 1. The van der Waals surface area contributed by atoms with Gasteiger partial charge in [0.2, 0.25) is 0 Å². The molecule has 288 valence electrons. The lowest BCUT2D eigenvalue weighted by Gasteiger charge is -2.38.